The van der Waals surface area contributed by atoms with E-state index in [1.807, 2.05) is 13.8 Å². The maximum atomic E-state index is 11.4. The van der Waals surface area contributed by atoms with Gasteiger partial charge >= 0.3 is 0 Å². The summed E-state index contributed by atoms with van der Waals surface area (Å²) in [4.78, 5) is 11.4. The first-order chi connectivity index (χ1) is 6.16. The molecule has 1 aliphatic heterocycles. The highest BCUT2D eigenvalue weighted by Crippen LogP contribution is 2.41. The molecule has 74 valence electrons. The van der Waals surface area contributed by atoms with E-state index in [0.29, 0.717) is 25.4 Å². The highest BCUT2D eigenvalue weighted by atomic mass is 16.7. The Balaban J connectivity index is 2.17. The number of ketones is 1. The summed E-state index contributed by atoms with van der Waals surface area (Å²) in [6.07, 6.45) is 1.34. The summed E-state index contributed by atoms with van der Waals surface area (Å²) in [6.45, 7) is 5.36. The lowest BCUT2D eigenvalue weighted by Gasteiger charge is -2.40. The first kappa shape index (κ1) is 9.16. The van der Waals surface area contributed by atoms with Crippen LogP contribution in [-0.2, 0) is 14.3 Å². The molecule has 0 bridgehead atoms. The van der Waals surface area contributed by atoms with Crippen LogP contribution in [0.1, 0.15) is 26.7 Å². The molecule has 3 heteroatoms. The highest BCUT2D eigenvalue weighted by Gasteiger charge is 2.49. The molecule has 0 aromatic heterocycles. The Hall–Kier alpha value is -0.410. The predicted octanol–water partition coefficient (Wildman–Crippen LogP) is 1.36. The van der Waals surface area contributed by atoms with E-state index in [1.54, 1.807) is 0 Å². The third-order valence-corrected chi connectivity index (χ3v) is 3.45. The molecule has 1 saturated heterocycles. The Morgan fingerprint density at radius 2 is 1.92 bits per heavy atom. The lowest BCUT2D eigenvalue weighted by molar-refractivity contribution is -0.217. The second-order valence-corrected chi connectivity index (χ2v) is 4.05. The monoisotopic (exact) mass is 184 g/mol. The molecule has 2 aliphatic rings. The van der Waals surface area contributed by atoms with Crippen LogP contribution < -0.4 is 0 Å². The molecular formula is C10H16O3. The SMILES string of the molecule is CC1C(=O)CCC2(OCCO2)C1C. The molecule has 0 N–H and O–H groups in total. The molecule has 0 aromatic rings. The van der Waals surface area contributed by atoms with E-state index in [-0.39, 0.29) is 11.8 Å². The standard InChI is InChI=1S/C10H16O3/c1-7-8(2)10(4-3-9(7)11)12-5-6-13-10/h7-8H,3-6H2,1-2H3. The number of carbonyl (C=O) groups is 1. The summed E-state index contributed by atoms with van der Waals surface area (Å²) in [5.74, 6) is 0.174. The van der Waals surface area contributed by atoms with Crippen molar-refractivity contribution in [3.63, 3.8) is 0 Å². The summed E-state index contributed by atoms with van der Waals surface area (Å²) >= 11 is 0. The van der Waals surface area contributed by atoms with Gasteiger partial charge in [0.05, 0.1) is 13.2 Å². The van der Waals surface area contributed by atoms with Crippen molar-refractivity contribution < 1.29 is 14.3 Å². The third-order valence-electron chi connectivity index (χ3n) is 3.45. The van der Waals surface area contributed by atoms with Crippen molar-refractivity contribution in [2.75, 3.05) is 13.2 Å². The quantitative estimate of drug-likeness (QED) is 0.570. The number of hydrogen-bond donors (Lipinski definition) is 0. The first-order valence-electron chi connectivity index (χ1n) is 4.96. The van der Waals surface area contributed by atoms with Gasteiger partial charge in [-0.05, 0) is 0 Å². The van der Waals surface area contributed by atoms with Crippen molar-refractivity contribution in [3.8, 4) is 0 Å². The number of rotatable bonds is 0. The number of carbonyl (C=O) groups excluding carboxylic acids is 1. The molecular weight excluding hydrogens is 168 g/mol. The summed E-state index contributed by atoms with van der Waals surface area (Å²) in [6, 6.07) is 0. The molecule has 1 spiro atoms. The van der Waals surface area contributed by atoms with Gasteiger partial charge in [0, 0.05) is 24.7 Å². The lowest BCUT2D eigenvalue weighted by Crippen LogP contribution is -2.47. The second kappa shape index (κ2) is 3.07. The van der Waals surface area contributed by atoms with E-state index in [9.17, 15) is 4.79 Å². The Morgan fingerprint density at radius 1 is 1.31 bits per heavy atom. The van der Waals surface area contributed by atoms with Gasteiger partial charge in [-0.3, -0.25) is 4.79 Å². The van der Waals surface area contributed by atoms with Crippen LogP contribution in [0.4, 0.5) is 0 Å². The summed E-state index contributed by atoms with van der Waals surface area (Å²) in [7, 11) is 0. The molecule has 0 aromatic carbocycles. The van der Waals surface area contributed by atoms with Gasteiger partial charge in [-0.2, -0.15) is 0 Å². The van der Waals surface area contributed by atoms with Crippen molar-refractivity contribution >= 4 is 5.78 Å². The molecule has 13 heavy (non-hydrogen) atoms. The maximum absolute atomic E-state index is 11.4. The minimum absolute atomic E-state index is 0.0758. The van der Waals surface area contributed by atoms with Gasteiger partial charge < -0.3 is 9.47 Å². The van der Waals surface area contributed by atoms with Gasteiger partial charge in [-0.15, -0.1) is 0 Å². The first-order valence-corrected chi connectivity index (χ1v) is 4.96. The van der Waals surface area contributed by atoms with E-state index in [4.69, 9.17) is 9.47 Å². The Morgan fingerprint density at radius 3 is 2.54 bits per heavy atom. The highest BCUT2D eigenvalue weighted by molar-refractivity contribution is 5.82. The average Bonchev–Trinajstić information content (AvgIpc) is 2.59. The van der Waals surface area contributed by atoms with Gasteiger partial charge in [0.15, 0.2) is 5.79 Å². The van der Waals surface area contributed by atoms with Crippen molar-refractivity contribution in [3.05, 3.63) is 0 Å². The van der Waals surface area contributed by atoms with Crippen LogP contribution in [0, 0.1) is 11.8 Å². The van der Waals surface area contributed by atoms with Gasteiger partial charge in [-0.25, -0.2) is 0 Å². The minimum Gasteiger partial charge on any atom is -0.347 e. The van der Waals surface area contributed by atoms with E-state index in [0.717, 1.165) is 6.42 Å². The van der Waals surface area contributed by atoms with Crippen LogP contribution in [0.25, 0.3) is 0 Å². The second-order valence-electron chi connectivity index (χ2n) is 4.05. The lowest BCUT2D eigenvalue weighted by atomic mass is 9.76. The molecule has 1 saturated carbocycles. The Labute approximate surface area is 78.4 Å². The Bertz CT molecular complexity index is 218. The fraction of sp³-hybridized carbons (Fsp3) is 0.900. The molecule has 2 fully saturated rings. The molecule has 1 heterocycles. The molecule has 2 unspecified atom stereocenters. The van der Waals surface area contributed by atoms with Crippen LogP contribution >= 0.6 is 0 Å². The van der Waals surface area contributed by atoms with Crippen molar-refractivity contribution in [2.45, 2.75) is 32.5 Å². The average molecular weight is 184 g/mol. The number of ether oxygens (including phenoxy) is 2. The fourth-order valence-electron chi connectivity index (χ4n) is 2.29. The zero-order valence-corrected chi connectivity index (χ0v) is 8.21. The van der Waals surface area contributed by atoms with Gasteiger partial charge in [0.1, 0.15) is 5.78 Å². The van der Waals surface area contributed by atoms with Crippen LogP contribution in [0.2, 0.25) is 0 Å². The fourth-order valence-corrected chi connectivity index (χ4v) is 2.29. The maximum Gasteiger partial charge on any atom is 0.172 e. The third kappa shape index (κ3) is 1.30. The molecule has 3 nitrogen and oxygen atoms in total. The zero-order valence-electron chi connectivity index (χ0n) is 8.21. The van der Waals surface area contributed by atoms with Crippen molar-refractivity contribution in [2.24, 2.45) is 11.8 Å². The largest absolute Gasteiger partial charge is 0.347 e. The zero-order chi connectivity index (χ0) is 9.47. The molecule has 0 radical (unpaired) electrons. The molecule has 1 aliphatic carbocycles. The Kier molecular flexibility index (Phi) is 2.16. The molecule has 2 atom stereocenters. The van der Waals surface area contributed by atoms with Crippen LogP contribution in [0.5, 0.6) is 0 Å². The van der Waals surface area contributed by atoms with Crippen LogP contribution in [0.15, 0.2) is 0 Å². The molecule has 2 rings (SSSR count). The van der Waals surface area contributed by atoms with Crippen molar-refractivity contribution in [1.82, 2.24) is 0 Å². The van der Waals surface area contributed by atoms with Gasteiger partial charge in [-0.1, -0.05) is 13.8 Å². The van der Waals surface area contributed by atoms with Gasteiger partial charge in [0.25, 0.3) is 0 Å². The van der Waals surface area contributed by atoms with E-state index >= 15 is 0 Å². The summed E-state index contributed by atoms with van der Waals surface area (Å²) in [5.41, 5.74) is 0. The minimum atomic E-state index is -0.437. The van der Waals surface area contributed by atoms with E-state index in [2.05, 4.69) is 0 Å². The van der Waals surface area contributed by atoms with Crippen molar-refractivity contribution in [1.29, 1.82) is 0 Å². The smallest absolute Gasteiger partial charge is 0.172 e. The van der Waals surface area contributed by atoms with Crippen LogP contribution in [-0.4, -0.2) is 24.8 Å². The number of Topliss-reactive ketones (excluding diaryl/α,β-unsaturated/α-hetero) is 1. The topological polar surface area (TPSA) is 35.5 Å². The van der Waals surface area contributed by atoms with Gasteiger partial charge in [0.2, 0.25) is 0 Å². The number of hydrogen-bond acceptors (Lipinski definition) is 3. The van der Waals surface area contributed by atoms with E-state index in [1.165, 1.54) is 0 Å². The predicted molar refractivity (Wildman–Crippen MR) is 47.2 cm³/mol. The normalized spacial score (nSPS) is 38.5. The van der Waals surface area contributed by atoms with E-state index < -0.39 is 5.79 Å². The molecule has 0 amide bonds. The summed E-state index contributed by atoms with van der Waals surface area (Å²) in [5, 5.41) is 0. The summed E-state index contributed by atoms with van der Waals surface area (Å²) < 4.78 is 11.3. The van der Waals surface area contributed by atoms with Crippen LogP contribution in [0.3, 0.4) is 0 Å².